The number of Topliss-reactive ketones (excluding diaryl/α,β-unsaturated/α-hetero) is 1. The fraction of sp³-hybridized carbons (Fsp3) is 0.429. The van der Waals surface area contributed by atoms with Gasteiger partial charge in [0.25, 0.3) is 0 Å². The van der Waals surface area contributed by atoms with Crippen molar-refractivity contribution in [1.29, 1.82) is 0 Å². The second-order valence-corrected chi connectivity index (χ2v) is 12.5. The van der Waals surface area contributed by atoms with E-state index < -0.39 is 23.1 Å². The summed E-state index contributed by atoms with van der Waals surface area (Å²) in [6, 6.07) is 11.9. The summed E-state index contributed by atoms with van der Waals surface area (Å²) in [6.07, 6.45) is 2.60. The van der Waals surface area contributed by atoms with Gasteiger partial charge in [0.1, 0.15) is 17.3 Å². The van der Waals surface area contributed by atoms with Crippen molar-refractivity contribution >= 4 is 11.6 Å². The van der Waals surface area contributed by atoms with Gasteiger partial charge in [-0.15, -0.1) is 0 Å². The van der Waals surface area contributed by atoms with Crippen molar-refractivity contribution in [2.24, 2.45) is 5.92 Å². The highest BCUT2D eigenvalue weighted by atomic mass is 19.1. The molecule has 1 unspecified atom stereocenters. The molecule has 1 fully saturated rings. The van der Waals surface area contributed by atoms with Crippen molar-refractivity contribution in [2.45, 2.75) is 58.0 Å². The molecule has 0 aliphatic carbocycles. The maximum absolute atomic E-state index is 14.9. The molecule has 4 rings (SSSR count). The van der Waals surface area contributed by atoms with Gasteiger partial charge in [-0.2, -0.15) is 0 Å². The van der Waals surface area contributed by atoms with Gasteiger partial charge in [0.2, 0.25) is 0 Å². The van der Waals surface area contributed by atoms with E-state index in [1.165, 1.54) is 30.3 Å². The number of rotatable bonds is 11. The van der Waals surface area contributed by atoms with Crippen molar-refractivity contribution < 1.29 is 29.3 Å². The SMILES string of the molecule is Cc1c(F)cccc1-c1c(C(=O)c2cccc(O)c2)cc(C(=O)C(CCCN(C)C)C(C)(C)O)c([C@@H]2CCCNC2)c1O. The van der Waals surface area contributed by atoms with Crippen LogP contribution in [-0.2, 0) is 0 Å². The number of carbonyl (C=O) groups is 2. The molecule has 3 aromatic carbocycles. The minimum absolute atomic E-state index is 0.0236. The first-order valence-corrected chi connectivity index (χ1v) is 14.9. The average molecular weight is 591 g/mol. The van der Waals surface area contributed by atoms with E-state index in [2.05, 4.69) is 5.32 Å². The number of nitrogens with one attached hydrogen (secondary N) is 1. The minimum Gasteiger partial charge on any atom is -0.508 e. The summed E-state index contributed by atoms with van der Waals surface area (Å²) in [7, 11) is 3.89. The van der Waals surface area contributed by atoms with Crippen LogP contribution in [0.2, 0.25) is 0 Å². The lowest BCUT2D eigenvalue weighted by Crippen LogP contribution is -2.38. The number of phenols is 2. The molecule has 43 heavy (non-hydrogen) atoms. The number of phenolic OH excluding ortho intramolecular Hbond substituents is 2. The molecule has 0 spiro atoms. The van der Waals surface area contributed by atoms with Crippen molar-refractivity contribution in [3.8, 4) is 22.6 Å². The van der Waals surface area contributed by atoms with E-state index in [1.54, 1.807) is 39.0 Å². The van der Waals surface area contributed by atoms with Crippen LogP contribution in [-0.4, -0.2) is 71.1 Å². The summed E-state index contributed by atoms with van der Waals surface area (Å²) in [4.78, 5) is 30.6. The van der Waals surface area contributed by atoms with Crippen molar-refractivity contribution in [3.05, 3.63) is 82.2 Å². The molecule has 0 amide bonds. The predicted octanol–water partition coefficient (Wildman–Crippen LogP) is 5.82. The van der Waals surface area contributed by atoms with Crippen LogP contribution in [0.25, 0.3) is 11.1 Å². The fourth-order valence-corrected chi connectivity index (χ4v) is 6.14. The Bertz CT molecular complexity index is 1490. The van der Waals surface area contributed by atoms with E-state index in [9.17, 15) is 29.3 Å². The zero-order valence-electron chi connectivity index (χ0n) is 25.7. The van der Waals surface area contributed by atoms with E-state index >= 15 is 0 Å². The Morgan fingerprint density at radius 2 is 1.81 bits per heavy atom. The Hall–Kier alpha value is -3.59. The number of ketones is 2. The third kappa shape index (κ3) is 7.15. The molecule has 8 heteroatoms. The number of piperidine rings is 1. The first-order valence-electron chi connectivity index (χ1n) is 14.9. The zero-order chi connectivity index (χ0) is 31.5. The van der Waals surface area contributed by atoms with Crippen LogP contribution >= 0.6 is 0 Å². The van der Waals surface area contributed by atoms with Gasteiger partial charge in [-0.05, 0) is 109 Å². The van der Waals surface area contributed by atoms with Crippen LogP contribution in [0.3, 0.4) is 0 Å². The first-order chi connectivity index (χ1) is 20.3. The highest BCUT2D eigenvalue weighted by Crippen LogP contribution is 2.46. The Kier molecular flexibility index (Phi) is 10.1. The summed E-state index contributed by atoms with van der Waals surface area (Å²) in [5.74, 6) is -2.75. The average Bonchev–Trinajstić information content (AvgIpc) is 2.95. The molecule has 0 bridgehead atoms. The number of hydrogen-bond donors (Lipinski definition) is 4. The van der Waals surface area contributed by atoms with Crippen LogP contribution in [0.5, 0.6) is 11.5 Å². The third-order valence-corrected chi connectivity index (χ3v) is 8.47. The van der Waals surface area contributed by atoms with Crippen molar-refractivity contribution in [1.82, 2.24) is 10.2 Å². The van der Waals surface area contributed by atoms with Gasteiger partial charge in [0.15, 0.2) is 11.6 Å². The topological polar surface area (TPSA) is 110 Å². The number of hydrogen-bond acceptors (Lipinski definition) is 7. The van der Waals surface area contributed by atoms with Gasteiger partial charge in [0, 0.05) is 40.3 Å². The highest BCUT2D eigenvalue weighted by molar-refractivity contribution is 6.16. The number of nitrogens with zero attached hydrogens (tertiary/aromatic N) is 1. The summed E-state index contributed by atoms with van der Waals surface area (Å²) in [5.41, 5.74) is 0.154. The molecule has 230 valence electrons. The lowest BCUT2D eigenvalue weighted by molar-refractivity contribution is 0.0151. The van der Waals surface area contributed by atoms with Gasteiger partial charge in [-0.25, -0.2) is 4.39 Å². The van der Waals surface area contributed by atoms with E-state index in [-0.39, 0.29) is 51.0 Å². The summed E-state index contributed by atoms with van der Waals surface area (Å²) in [5, 5.41) is 36.8. The number of benzene rings is 3. The van der Waals surface area contributed by atoms with Gasteiger partial charge in [0.05, 0.1) is 11.5 Å². The second kappa shape index (κ2) is 13.4. The second-order valence-electron chi connectivity index (χ2n) is 12.5. The molecular formula is C35H43FN2O5. The number of halogens is 1. The lowest BCUT2D eigenvalue weighted by atomic mass is 9.75. The molecule has 7 nitrogen and oxygen atoms in total. The van der Waals surface area contributed by atoms with Crippen molar-refractivity contribution in [3.63, 3.8) is 0 Å². The van der Waals surface area contributed by atoms with E-state index in [0.29, 0.717) is 36.9 Å². The maximum atomic E-state index is 14.9. The summed E-state index contributed by atoms with van der Waals surface area (Å²) in [6.45, 7) is 6.85. The van der Waals surface area contributed by atoms with E-state index in [0.717, 1.165) is 19.5 Å². The number of aliphatic hydroxyl groups is 1. The molecule has 1 saturated heterocycles. The van der Waals surface area contributed by atoms with Gasteiger partial charge >= 0.3 is 0 Å². The molecule has 3 aromatic rings. The van der Waals surface area contributed by atoms with Gasteiger partial charge in [-0.1, -0.05) is 24.3 Å². The van der Waals surface area contributed by atoms with E-state index in [4.69, 9.17) is 0 Å². The minimum atomic E-state index is -1.37. The highest BCUT2D eigenvalue weighted by Gasteiger charge is 2.38. The number of aromatic hydroxyl groups is 2. The normalized spacial score (nSPS) is 16.3. The molecular weight excluding hydrogens is 547 g/mol. The smallest absolute Gasteiger partial charge is 0.193 e. The monoisotopic (exact) mass is 590 g/mol. The van der Waals surface area contributed by atoms with Crippen LogP contribution in [0, 0.1) is 18.7 Å². The maximum Gasteiger partial charge on any atom is 0.193 e. The van der Waals surface area contributed by atoms with Crippen LogP contribution in [0.1, 0.15) is 82.9 Å². The van der Waals surface area contributed by atoms with Crippen LogP contribution in [0.4, 0.5) is 4.39 Å². The third-order valence-electron chi connectivity index (χ3n) is 8.47. The Morgan fingerprint density at radius 3 is 2.44 bits per heavy atom. The Labute approximate surface area is 253 Å². The molecule has 4 N–H and O–H groups in total. The molecule has 1 aliphatic heterocycles. The van der Waals surface area contributed by atoms with Crippen molar-refractivity contribution in [2.75, 3.05) is 33.7 Å². The largest absolute Gasteiger partial charge is 0.508 e. The Morgan fingerprint density at radius 1 is 1.09 bits per heavy atom. The molecule has 1 heterocycles. The zero-order valence-corrected chi connectivity index (χ0v) is 25.7. The van der Waals surface area contributed by atoms with Crippen LogP contribution < -0.4 is 5.32 Å². The van der Waals surface area contributed by atoms with Gasteiger partial charge < -0.3 is 25.5 Å². The molecule has 0 aromatic heterocycles. The quantitative estimate of drug-likeness (QED) is 0.208. The number of carbonyl (C=O) groups excluding carboxylic acids is 2. The Balaban J connectivity index is 2.03. The predicted molar refractivity (Wildman–Crippen MR) is 167 cm³/mol. The van der Waals surface area contributed by atoms with Gasteiger partial charge in [-0.3, -0.25) is 9.59 Å². The molecule has 2 atom stereocenters. The van der Waals surface area contributed by atoms with Crippen LogP contribution in [0.15, 0.2) is 48.5 Å². The summed E-state index contributed by atoms with van der Waals surface area (Å²) >= 11 is 0. The van der Waals surface area contributed by atoms with E-state index in [1.807, 2.05) is 19.0 Å². The standard InChI is InChI=1S/C35H43FN2O5/c1-21-25(13-7-15-29(21)36)31-27(32(40)22-10-6-12-24(39)18-22)19-26(30(34(31)42)23-11-8-16-37-20-23)33(41)28(35(2,3)43)14-9-17-38(4)5/h6-7,10,12-13,15,18-19,23,28,37,39,42-43H,8-9,11,14,16-17,20H2,1-5H3/t23-,28?/m1/s1. The first kappa shape index (κ1) is 32.3. The molecule has 0 saturated carbocycles. The fourth-order valence-electron chi connectivity index (χ4n) is 6.14. The lowest BCUT2D eigenvalue weighted by Gasteiger charge is -2.32. The molecule has 0 radical (unpaired) electrons. The molecule has 1 aliphatic rings. The summed E-state index contributed by atoms with van der Waals surface area (Å²) < 4.78 is 14.9.